The van der Waals surface area contributed by atoms with Crippen molar-refractivity contribution < 1.29 is 9.59 Å². The molecule has 3 aromatic rings. The number of amides is 2. The molecule has 2 amide bonds. The predicted octanol–water partition coefficient (Wildman–Crippen LogP) is 1.78. The Morgan fingerprint density at radius 3 is 2.35 bits per heavy atom. The lowest BCUT2D eigenvalue weighted by molar-refractivity contribution is -0.116. The van der Waals surface area contributed by atoms with Crippen LogP contribution in [0.3, 0.4) is 0 Å². The smallest absolute Gasteiger partial charge is 0.277 e. The van der Waals surface area contributed by atoms with E-state index in [2.05, 4.69) is 20.9 Å². The van der Waals surface area contributed by atoms with Gasteiger partial charge in [-0.25, -0.2) is 4.68 Å². The lowest BCUT2D eigenvalue weighted by Gasteiger charge is -2.08. The van der Waals surface area contributed by atoms with Gasteiger partial charge in [0.2, 0.25) is 11.8 Å². The van der Waals surface area contributed by atoms with E-state index >= 15 is 0 Å². The largest absolute Gasteiger partial charge is 0.326 e. The molecule has 8 heteroatoms. The zero-order chi connectivity index (χ0) is 18.5. The third-order valence-electron chi connectivity index (χ3n) is 3.67. The van der Waals surface area contributed by atoms with Crippen LogP contribution in [0.25, 0.3) is 10.9 Å². The monoisotopic (exact) mass is 351 g/mol. The molecule has 0 aliphatic rings. The minimum atomic E-state index is -0.275. The molecule has 132 valence electrons. The summed E-state index contributed by atoms with van der Waals surface area (Å²) in [5.74, 6) is -0.414. The topological polar surface area (TPSA) is 106 Å². The fourth-order valence-electron chi connectivity index (χ4n) is 2.44. The molecule has 0 atom stereocenters. The lowest BCUT2D eigenvalue weighted by atomic mass is 10.2. The highest BCUT2D eigenvalue weighted by Crippen LogP contribution is 2.13. The third-order valence-corrected chi connectivity index (χ3v) is 3.67. The van der Waals surface area contributed by atoms with Crippen molar-refractivity contribution in [2.45, 2.75) is 19.9 Å². The number of nitrogens with zero attached hydrogens (tertiary/aromatic N) is 3. The van der Waals surface area contributed by atoms with Gasteiger partial charge in [-0.15, -0.1) is 5.10 Å². The maximum absolute atomic E-state index is 12.3. The molecule has 2 aromatic carbocycles. The molecule has 0 radical (unpaired) electrons. The summed E-state index contributed by atoms with van der Waals surface area (Å²) in [6.45, 7) is 1.56. The number of aromatic nitrogens is 3. The van der Waals surface area contributed by atoms with Crippen LogP contribution in [-0.4, -0.2) is 26.8 Å². The van der Waals surface area contributed by atoms with Crippen molar-refractivity contribution in [2.75, 3.05) is 10.6 Å². The highest BCUT2D eigenvalue weighted by Gasteiger charge is 2.08. The number of fused-ring (bicyclic) bond motifs is 1. The summed E-state index contributed by atoms with van der Waals surface area (Å²) in [6, 6.07) is 13.7. The van der Waals surface area contributed by atoms with Gasteiger partial charge >= 0.3 is 0 Å². The van der Waals surface area contributed by atoms with Gasteiger partial charge in [0.25, 0.3) is 5.56 Å². The Labute approximate surface area is 148 Å². The summed E-state index contributed by atoms with van der Waals surface area (Å²) >= 11 is 0. The van der Waals surface area contributed by atoms with Gasteiger partial charge in [0.1, 0.15) is 5.52 Å². The Morgan fingerprint density at radius 1 is 1.00 bits per heavy atom. The molecule has 2 N–H and O–H groups in total. The standard InChI is InChI=1S/C18H17N5O3/c1-12(24)19-13-6-8-14(9-7-13)20-17(25)10-11-23-18(26)15-4-2-3-5-16(15)21-22-23/h2-9H,10-11H2,1H3,(H,19,24)(H,20,25). The van der Waals surface area contributed by atoms with E-state index in [0.717, 1.165) is 0 Å². The molecule has 0 unspecified atom stereocenters. The second kappa shape index (κ2) is 7.56. The van der Waals surface area contributed by atoms with Crippen molar-refractivity contribution in [2.24, 2.45) is 0 Å². The average molecular weight is 351 g/mol. The molecule has 0 fully saturated rings. The number of anilines is 2. The minimum absolute atomic E-state index is 0.0837. The number of benzene rings is 2. The third kappa shape index (κ3) is 4.10. The van der Waals surface area contributed by atoms with Crippen LogP contribution in [0.15, 0.2) is 53.3 Å². The summed E-state index contributed by atoms with van der Waals surface area (Å²) < 4.78 is 1.18. The SMILES string of the molecule is CC(=O)Nc1ccc(NC(=O)CCn2nnc3ccccc3c2=O)cc1. The van der Waals surface area contributed by atoms with Crippen molar-refractivity contribution in [3.8, 4) is 0 Å². The van der Waals surface area contributed by atoms with Gasteiger partial charge in [-0.3, -0.25) is 14.4 Å². The fourth-order valence-corrected chi connectivity index (χ4v) is 2.44. The predicted molar refractivity (Wildman–Crippen MR) is 97.8 cm³/mol. The minimum Gasteiger partial charge on any atom is -0.326 e. The van der Waals surface area contributed by atoms with Gasteiger partial charge in [-0.1, -0.05) is 17.3 Å². The molecule has 3 rings (SSSR count). The Balaban J connectivity index is 1.61. The Morgan fingerprint density at radius 2 is 1.65 bits per heavy atom. The van der Waals surface area contributed by atoms with Crippen LogP contribution in [0.1, 0.15) is 13.3 Å². The van der Waals surface area contributed by atoms with Crippen LogP contribution in [0, 0.1) is 0 Å². The van der Waals surface area contributed by atoms with Crippen molar-refractivity contribution in [1.29, 1.82) is 0 Å². The van der Waals surface area contributed by atoms with E-state index in [1.807, 2.05) is 0 Å². The number of carbonyl (C=O) groups excluding carboxylic acids is 2. The van der Waals surface area contributed by atoms with Crippen molar-refractivity contribution >= 4 is 34.1 Å². The number of rotatable bonds is 5. The zero-order valence-electron chi connectivity index (χ0n) is 14.1. The quantitative estimate of drug-likeness (QED) is 0.729. The number of carbonyl (C=O) groups is 2. The molecule has 8 nitrogen and oxygen atoms in total. The molecule has 0 saturated carbocycles. The highest BCUT2D eigenvalue weighted by atomic mass is 16.2. The molecule has 0 saturated heterocycles. The number of aryl methyl sites for hydroxylation is 1. The van der Waals surface area contributed by atoms with Gasteiger partial charge in [-0.05, 0) is 36.4 Å². The molecule has 0 spiro atoms. The van der Waals surface area contributed by atoms with Crippen molar-refractivity contribution in [1.82, 2.24) is 15.0 Å². The first-order chi connectivity index (χ1) is 12.5. The number of nitrogens with one attached hydrogen (secondary N) is 2. The lowest BCUT2D eigenvalue weighted by Crippen LogP contribution is -2.26. The zero-order valence-corrected chi connectivity index (χ0v) is 14.1. The first-order valence-corrected chi connectivity index (χ1v) is 8.03. The fraction of sp³-hybridized carbons (Fsp3) is 0.167. The van der Waals surface area contributed by atoms with Gasteiger partial charge in [-0.2, -0.15) is 0 Å². The number of hydrogen-bond acceptors (Lipinski definition) is 5. The van der Waals surface area contributed by atoms with Crippen LogP contribution >= 0.6 is 0 Å². The summed E-state index contributed by atoms with van der Waals surface area (Å²) in [7, 11) is 0. The van der Waals surface area contributed by atoms with E-state index in [-0.39, 0.29) is 30.3 Å². The van der Waals surface area contributed by atoms with E-state index in [0.29, 0.717) is 22.3 Å². The Bertz CT molecular complexity index is 1010. The molecular formula is C18H17N5O3. The first kappa shape index (κ1) is 17.3. The van der Waals surface area contributed by atoms with Gasteiger partial charge < -0.3 is 10.6 Å². The Hall–Kier alpha value is -3.55. The molecule has 1 aromatic heterocycles. The average Bonchev–Trinajstić information content (AvgIpc) is 2.63. The van der Waals surface area contributed by atoms with Crippen LogP contribution in [0.2, 0.25) is 0 Å². The van der Waals surface area contributed by atoms with Gasteiger partial charge in [0.05, 0.1) is 11.9 Å². The molecule has 26 heavy (non-hydrogen) atoms. The summed E-state index contributed by atoms with van der Waals surface area (Å²) in [5.41, 5.74) is 1.50. The van der Waals surface area contributed by atoms with Gasteiger partial charge in [0, 0.05) is 24.7 Å². The first-order valence-electron chi connectivity index (χ1n) is 8.03. The summed E-state index contributed by atoms with van der Waals surface area (Å²) in [6.07, 6.45) is 0.0837. The maximum atomic E-state index is 12.3. The van der Waals surface area contributed by atoms with E-state index in [9.17, 15) is 14.4 Å². The van der Waals surface area contributed by atoms with E-state index in [4.69, 9.17) is 0 Å². The maximum Gasteiger partial charge on any atom is 0.277 e. The summed E-state index contributed by atoms with van der Waals surface area (Å²) in [5, 5.41) is 13.7. The molecule has 1 heterocycles. The van der Waals surface area contributed by atoms with E-state index in [1.54, 1.807) is 48.5 Å². The normalized spacial score (nSPS) is 10.5. The molecule has 0 bridgehead atoms. The van der Waals surface area contributed by atoms with Crippen LogP contribution in [0.5, 0.6) is 0 Å². The van der Waals surface area contributed by atoms with Gasteiger partial charge in [0.15, 0.2) is 0 Å². The molecular weight excluding hydrogens is 334 g/mol. The molecule has 0 aliphatic carbocycles. The number of hydrogen-bond donors (Lipinski definition) is 2. The molecule has 0 aliphatic heterocycles. The van der Waals surface area contributed by atoms with Crippen molar-refractivity contribution in [3.05, 3.63) is 58.9 Å². The highest BCUT2D eigenvalue weighted by molar-refractivity contribution is 5.92. The van der Waals surface area contributed by atoms with Crippen LogP contribution in [-0.2, 0) is 16.1 Å². The van der Waals surface area contributed by atoms with Crippen LogP contribution in [0.4, 0.5) is 11.4 Å². The second-order valence-electron chi connectivity index (χ2n) is 5.69. The second-order valence-corrected chi connectivity index (χ2v) is 5.69. The van der Waals surface area contributed by atoms with Crippen LogP contribution < -0.4 is 16.2 Å². The Kier molecular flexibility index (Phi) is 5.02. The van der Waals surface area contributed by atoms with E-state index < -0.39 is 0 Å². The van der Waals surface area contributed by atoms with E-state index in [1.165, 1.54) is 11.6 Å². The summed E-state index contributed by atoms with van der Waals surface area (Å²) in [4.78, 5) is 35.4. The van der Waals surface area contributed by atoms with Crippen molar-refractivity contribution in [3.63, 3.8) is 0 Å².